The van der Waals surface area contributed by atoms with Crippen molar-refractivity contribution >= 4 is 16.2 Å². The Morgan fingerprint density at radius 3 is 2.20 bits per heavy atom. The van der Waals surface area contributed by atoms with Gasteiger partial charge in [0.05, 0.1) is 4.90 Å². The Morgan fingerprint density at radius 1 is 1.27 bits per heavy atom. The summed E-state index contributed by atoms with van der Waals surface area (Å²) in [7, 11) is -4.67. The van der Waals surface area contributed by atoms with Gasteiger partial charge in [0.2, 0.25) is 0 Å². The first-order valence-corrected chi connectivity index (χ1v) is 5.53. The van der Waals surface area contributed by atoms with Crippen molar-refractivity contribution < 1.29 is 22.2 Å². The number of rotatable bonds is 4. The summed E-state index contributed by atoms with van der Waals surface area (Å²) in [4.78, 5) is 9.83. The third kappa shape index (κ3) is 3.67. The molecule has 0 atom stereocenters. The van der Waals surface area contributed by atoms with Crippen molar-refractivity contribution in [1.29, 1.82) is 0 Å². The zero-order valence-electron chi connectivity index (χ0n) is 7.68. The minimum atomic E-state index is -4.67. The third-order valence-electron chi connectivity index (χ3n) is 1.83. The Balaban J connectivity index is 2.77. The lowest BCUT2D eigenvalue weighted by Crippen LogP contribution is -1.98. The Morgan fingerprint density at radius 2 is 1.80 bits per heavy atom. The van der Waals surface area contributed by atoms with E-state index in [1.165, 1.54) is 12.1 Å². The molecule has 4 nitrogen and oxygen atoms in total. The van der Waals surface area contributed by atoms with Crippen LogP contribution in [-0.4, -0.2) is 19.5 Å². The van der Waals surface area contributed by atoms with Crippen LogP contribution in [0.1, 0.15) is 12.0 Å². The van der Waals surface area contributed by atoms with Crippen molar-refractivity contribution in [2.75, 3.05) is 0 Å². The van der Waals surface area contributed by atoms with Crippen LogP contribution in [0.5, 0.6) is 0 Å². The Hall–Kier alpha value is -1.43. The van der Waals surface area contributed by atoms with Gasteiger partial charge >= 0.3 is 16.2 Å². The molecule has 0 bridgehead atoms. The molecule has 15 heavy (non-hydrogen) atoms. The molecule has 6 heteroatoms. The molecule has 0 unspecified atom stereocenters. The molecule has 1 aromatic carbocycles. The summed E-state index contributed by atoms with van der Waals surface area (Å²) in [5, 5.41) is 8.40. The zero-order chi connectivity index (χ0) is 11.5. The lowest BCUT2D eigenvalue weighted by Gasteiger charge is -1.99. The van der Waals surface area contributed by atoms with Crippen molar-refractivity contribution in [2.24, 2.45) is 0 Å². The topological polar surface area (TPSA) is 71.4 Å². The van der Waals surface area contributed by atoms with E-state index in [0.29, 0.717) is 12.0 Å². The molecule has 0 aliphatic heterocycles. The van der Waals surface area contributed by atoms with Gasteiger partial charge in [0.15, 0.2) is 0 Å². The Bertz CT molecular complexity index is 450. The van der Waals surface area contributed by atoms with E-state index in [0.717, 1.165) is 12.1 Å². The molecule has 0 amide bonds. The van der Waals surface area contributed by atoms with E-state index in [-0.39, 0.29) is 6.42 Å². The minimum Gasteiger partial charge on any atom is -0.481 e. The number of aryl methyl sites for hydroxylation is 1. The summed E-state index contributed by atoms with van der Waals surface area (Å²) in [5.41, 5.74) is 0.657. The summed E-state index contributed by atoms with van der Waals surface area (Å²) < 4.78 is 33.3. The van der Waals surface area contributed by atoms with Gasteiger partial charge in [-0.05, 0) is 24.1 Å². The van der Waals surface area contributed by atoms with Crippen LogP contribution in [0, 0.1) is 0 Å². The number of benzene rings is 1. The fourth-order valence-corrected chi connectivity index (χ4v) is 1.53. The molecule has 1 aromatic rings. The number of halogens is 1. The quantitative estimate of drug-likeness (QED) is 0.795. The molecule has 0 aromatic heterocycles. The molecule has 0 aliphatic rings. The predicted molar refractivity (Wildman–Crippen MR) is 50.7 cm³/mol. The fourth-order valence-electron chi connectivity index (χ4n) is 1.07. The average Bonchev–Trinajstić information content (AvgIpc) is 2.14. The highest BCUT2D eigenvalue weighted by Crippen LogP contribution is 2.13. The van der Waals surface area contributed by atoms with Crippen LogP contribution in [0.2, 0.25) is 0 Å². The number of carboxylic acid groups (broad SMARTS) is 1. The number of carboxylic acids is 1. The van der Waals surface area contributed by atoms with Crippen molar-refractivity contribution in [3.05, 3.63) is 29.8 Å². The van der Waals surface area contributed by atoms with Gasteiger partial charge in [-0.15, -0.1) is 3.89 Å². The second-order valence-corrected chi connectivity index (χ2v) is 4.32. The molecule has 0 aliphatic carbocycles. The van der Waals surface area contributed by atoms with Crippen LogP contribution in [0.3, 0.4) is 0 Å². The van der Waals surface area contributed by atoms with Crippen molar-refractivity contribution in [3.63, 3.8) is 0 Å². The maximum absolute atomic E-state index is 12.4. The summed E-state index contributed by atoms with van der Waals surface area (Å²) in [6.07, 6.45) is 0.254. The molecule has 0 spiro atoms. The van der Waals surface area contributed by atoms with Gasteiger partial charge in [-0.1, -0.05) is 12.1 Å². The number of hydrogen-bond acceptors (Lipinski definition) is 3. The lowest BCUT2D eigenvalue weighted by molar-refractivity contribution is -0.136. The van der Waals surface area contributed by atoms with Crippen LogP contribution >= 0.6 is 0 Å². The van der Waals surface area contributed by atoms with E-state index < -0.39 is 21.1 Å². The maximum atomic E-state index is 12.4. The first-order valence-electron chi connectivity index (χ1n) is 4.15. The van der Waals surface area contributed by atoms with E-state index >= 15 is 0 Å². The van der Waals surface area contributed by atoms with Crippen molar-refractivity contribution in [1.82, 2.24) is 0 Å². The maximum Gasteiger partial charge on any atom is 0.332 e. The van der Waals surface area contributed by atoms with Gasteiger partial charge < -0.3 is 5.11 Å². The fraction of sp³-hybridized carbons (Fsp3) is 0.222. The SMILES string of the molecule is O=C(O)CCc1ccc(S(=O)(=O)F)cc1. The third-order valence-corrected chi connectivity index (χ3v) is 2.67. The van der Waals surface area contributed by atoms with Crippen LogP contribution in [0.15, 0.2) is 29.2 Å². The van der Waals surface area contributed by atoms with E-state index in [9.17, 15) is 17.1 Å². The highest BCUT2D eigenvalue weighted by atomic mass is 32.3. The summed E-state index contributed by atoms with van der Waals surface area (Å²) >= 11 is 0. The standard InChI is InChI=1S/C9H9FO4S/c10-15(13,14)8-4-1-7(2-5-8)3-6-9(11)12/h1-2,4-5H,3,6H2,(H,11,12). The molecule has 0 heterocycles. The van der Waals surface area contributed by atoms with Crippen molar-refractivity contribution in [3.8, 4) is 0 Å². The van der Waals surface area contributed by atoms with E-state index in [4.69, 9.17) is 5.11 Å². The van der Waals surface area contributed by atoms with Gasteiger partial charge in [0, 0.05) is 6.42 Å². The van der Waals surface area contributed by atoms with Gasteiger partial charge in [0.25, 0.3) is 0 Å². The summed E-state index contributed by atoms with van der Waals surface area (Å²) in [6, 6.07) is 5.03. The Kier molecular flexibility index (Phi) is 3.41. The number of hydrogen-bond donors (Lipinski definition) is 1. The second-order valence-electron chi connectivity index (χ2n) is 2.98. The lowest BCUT2D eigenvalue weighted by atomic mass is 10.1. The molecule has 82 valence electrons. The number of carbonyl (C=O) groups is 1. The Labute approximate surface area is 86.6 Å². The predicted octanol–water partition coefficient (Wildman–Crippen LogP) is 1.36. The average molecular weight is 232 g/mol. The monoisotopic (exact) mass is 232 g/mol. The van der Waals surface area contributed by atoms with E-state index in [1.54, 1.807) is 0 Å². The first-order chi connectivity index (χ1) is 6.89. The van der Waals surface area contributed by atoms with Crippen LogP contribution in [0.4, 0.5) is 3.89 Å². The van der Waals surface area contributed by atoms with Gasteiger partial charge in [-0.2, -0.15) is 8.42 Å². The van der Waals surface area contributed by atoms with E-state index in [1.807, 2.05) is 0 Å². The smallest absolute Gasteiger partial charge is 0.332 e. The highest BCUT2D eigenvalue weighted by Gasteiger charge is 2.10. The first kappa shape index (κ1) is 11.6. The largest absolute Gasteiger partial charge is 0.481 e. The van der Waals surface area contributed by atoms with E-state index in [2.05, 4.69) is 0 Å². The molecular formula is C9H9FO4S. The molecule has 1 rings (SSSR count). The molecule has 1 N–H and O–H groups in total. The van der Waals surface area contributed by atoms with Crippen molar-refractivity contribution in [2.45, 2.75) is 17.7 Å². The molecule has 0 saturated heterocycles. The van der Waals surface area contributed by atoms with Gasteiger partial charge in [-0.25, -0.2) is 0 Å². The molecule has 0 saturated carbocycles. The summed E-state index contributed by atoms with van der Waals surface area (Å²) in [5.74, 6) is -0.933. The van der Waals surface area contributed by atoms with Crippen LogP contribution < -0.4 is 0 Å². The van der Waals surface area contributed by atoms with Crippen LogP contribution in [-0.2, 0) is 21.4 Å². The highest BCUT2D eigenvalue weighted by molar-refractivity contribution is 7.86. The normalized spacial score (nSPS) is 11.3. The molecule has 0 radical (unpaired) electrons. The number of aliphatic carboxylic acids is 1. The van der Waals surface area contributed by atoms with Crippen LogP contribution in [0.25, 0.3) is 0 Å². The van der Waals surface area contributed by atoms with Gasteiger partial charge in [0.1, 0.15) is 0 Å². The second kappa shape index (κ2) is 4.39. The van der Waals surface area contributed by atoms with Gasteiger partial charge in [-0.3, -0.25) is 4.79 Å². The minimum absolute atomic E-state index is 0.0400. The molecular weight excluding hydrogens is 223 g/mol. The molecule has 0 fully saturated rings. The summed E-state index contributed by atoms with van der Waals surface area (Å²) in [6.45, 7) is 0. The zero-order valence-corrected chi connectivity index (χ0v) is 8.50.